The third-order valence-corrected chi connectivity index (χ3v) is 5.22. The van der Waals surface area contributed by atoms with E-state index in [9.17, 15) is 4.79 Å². The van der Waals surface area contributed by atoms with Crippen molar-refractivity contribution < 1.29 is 0 Å². The van der Waals surface area contributed by atoms with Crippen molar-refractivity contribution in [3.05, 3.63) is 70.4 Å². The van der Waals surface area contributed by atoms with E-state index in [1.54, 1.807) is 10.9 Å². The Morgan fingerprint density at radius 1 is 1.22 bits per heavy atom. The zero-order valence-corrected chi connectivity index (χ0v) is 15.7. The molecule has 1 saturated heterocycles. The third kappa shape index (κ3) is 3.73. The molecule has 0 unspecified atom stereocenters. The number of benzene rings is 1. The van der Waals surface area contributed by atoms with E-state index in [2.05, 4.69) is 27.0 Å². The highest BCUT2D eigenvalue weighted by atomic mass is 16.2. The van der Waals surface area contributed by atoms with E-state index < -0.39 is 0 Å². The van der Waals surface area contributed by atoms with Crippen LogP contribution in [0.1, 0.15) is 42.9 Å². The van der Waals surface area contributed by atoms with Gasteiger partial charge < -0.3 is 9.88 Å². The Morgan fingerprint density at radius 3 is 2.81 bits per heavy atom. The first-order valence-corrected chi connectivity index (χ1v) is 9.68. The lowest BCUT2D eigenvalue weighted by Gasteiger charge is -2.21. The standard InChI is InChI=1S/C20H26N6O/c1-2-25-19(17-9-6-10-21-13-17)23-26(20(25)27)15-18-22-11-12-24(18)14-16-7-4-3-5-8-16/h3-5,7-8,11-12,17,21H,2,6,9-10,13-15H2,1H3/t17-/m0/s1. The molecule has 1 atom stereocenters. The monoisotopic (exact) mass is 366 g/mol. The molecule has 0 amide bonds. The Balaban J connectivity index is 1.59. The molecule has 2 aromatic heterocycles. The minimum atomic E-state index is -0.0488. The fourth-order valence-corrected chi connectivity index (χ4v) is 3.78. The summed E-state index contributed by atoms with van der Waals surface area (Å²) < 4.78 is 5.45. The number of rotatable bonds is 6. The maximum absolute atomic E-state index is 12.9. The van der Waals surface area contributed by atoms with Gasteiger partial charge in [0.1, 0.15) is 18.2 Å². The van der Waals surface area contributed by atoms with Crippen molar-refractivity contribution in [3.8, 4) is 0 Å². The number of aromatic nitrogens is 5. The van der Waals surface area contributed by atoms with Crippen LogP contribution in [-0.4, -0.2) is 37.0 Å². The molecule has 1 aliphatic heterocycles. The van der Waals surface area contributed by atoms with Gasteiger partial charge in [-0.25, -0.2) is 14.5 Å². The molecule has 0 saturated carbocycles. The van der Waals surface area contributed by atoms with E-state index in [1.807, 2.05) is 35.9 Å². The summed E-state index contributed by atoms with van der Waals surface area (Å²) in [6.07, 6.45) is 5.94. The van der Waals surface area contributed by atoms with Crippen LogP contribution < -0.4 is 11.0 Å². The molecule has 1 fully saturated rings. The van der Waals surface area contributed by atoms with Crippen molar-refractivity contribution in [2.75, 3.05) is 13.1 Å². The smallest absolute Gasteiger partial charge is 0.329 e. The third-order valence-electron chi connectivity index (χ3n) is 5.22. The van der Waals surface area contributed by atoms with Gasteiger partial charge in [-0.3, -0.25) is 4.57 Å². The second kappa shape index (κ2) is 7.92. The molecular formula is C20H26N6O. The van der Waals surface area contributed by atoms with E-state index in [1.165, 1.54) is 5.56 Å². The fraction of sp³-hybridized carbons (Fsp3) is 0.450. The summed E-state index contributed by atoms with van der Waals surface area (Å²) in [6, 6.07) is 10.3. The molecule has 0 spiro atoms. The first kappa shape index (κ1) is 17.7. The van der Waals surface area contributed by atoms with Crippen molar-refractivity contribution >= 4 is 0 Å². The number of hydrogen-bond donors (Lipinski definition) is 1. The van der Waals surface area contributed by atoms with E-state index in [0.717, 1.165) is 44.1 Å². The SMILES string of the molecule is CCn1c([C@H]2CCCNC2)nn(Cc2nccn2Cc2ccccc2)c1=O. The van der Waals surface area contributed by atoms with Crippen molar-refractivity contribution in [1.82, 2.24) is 29.2 Å². The van der Waals surface area contributed by atoms with Crippen LogP contribution in [0.25, 0.3) is 0 Å². The molecule has 3 heterocycles. The summed E-state index contributed by atoms with van der Waals surface area (Å²) in [4.78, 5) is 17.3. The normalized spacial score (nSPS) is 17.3. The Labute approximate surface area is 158 Å². The largest absolute Gasteiger partial charge is 0.346 e. The molecule has 142 valence electrons. The quantitative estimate of drug-likeness (QED) is 0.723. The molecule has 0 bridgehead atoms. The van der Waals surface area contributed by atoms with Gasteiger partial charge in [-0.15, -0.1) is 0 Å². The van der Waals surface area contributed by atoms with Gasteiger partial charge in [-0.2, -0.15) is 5.10 Å². The van der Waals surface area contributed by atoms with Crippen LogP contribution in [0.15, 0.2) is 47.5 Å². The van der Waals surface area contributed by atoms with E-state index in [4.69, 9.17) is 5.10 Å². The molecule has 0 aliphatic carbocycles. The molecule has 3 aromatic rings. The molecular weight excluding hydrogens is 340 g/mol. The Kier molecular flexibility index (Phi) is 5.20. The van der Waals surface area contributed by atoms with Crippen molar-refractivity contribution in [3.63, 3.8) is 0 Å². The lowest BCUT2D eigenvalue weighted by atomic mass is 9.99. The lowest BCUT2D eigenvalue weighted by molar-refractivity contribution is 0.431. The van der Waals surface area contributed by atoms with Gasteiger partial charge >= 0.3 is 5.69 Å². The molecule has 7 heteroatoms. The number of imidazole rings is 1. The Hall–Kier alpha value is -2.67. The number of hydrogen-bond acceptors (Lipinski definition) is 4. The summed E-state index contributed by atoms with van der Waals surface area (Å²) in [5, 5.41) is 8.12. The van der Waals surface area contributed by atoms with Gasteiger partial charge in [0, 0.05) is 37.9 Å². The highest BCUT2D eigenvalue weighted by Crippen LogP contribution is 2.20. The average Bonchev–Trinajstić information content (AvgIpc) is 3.28. The van der Waals surface area contributed by atoms with E-state index >= 15 is 0 Å². The van der Waals surface area contributed by atoms with Gasteiger partial charge in [0.05, 0.1) is 0 Å². The number of piperidine rings is 1. The van der Waals surface area contributed by atoms with Crippen LogP contribution in [0, 0.1) is 0 Å². The molecule has 1 N–H and O–H groups in total. The highest BCUT2D eigenvalue weighted by molar-refractivity contribution is 5.16. The molecule has 27 heavy (non-hydrogen) atoms. The Bertz CT molecular complexity index is 933. The fourth-order valence-electron chi connectivity index (χ4n) is 3.78. The summed E-state index contributed by atoms with van der Waals surface area (Å²) in [5.41, 5.74) is 1.16. The van der Waals surface area contributed by atoms with Crippen molar-refractivity contribution in [2.24, 2.45) is 0 Å². The van der Waals surface area contributed by atoms with Gasteiger partial charge in [0.2, 0.25) is 0 Å². The first-order valence-electron chi connectivity index (χ1n) is 9.68. The minimum Gasteiger partial charge on any atom is -0.329 e. The number of nitrogens with zero attached hydrogens (tertiary/aromatic N) is 5. The first-order chi connectivity index (χ1) is 13.3. The van der Waals surface area contributed by atoms with Crippen LogP contribution >= 0.6 is 0 Å². The van der Waals surface area contributed by atoms with Crippen molar-refractivity contribution in [1.29, 1.82) is 0 Å². The second-order valence-electron chi connectivity index (χ2n) is 7.04. The predicted molar refractivity (Wildman–Crippen MR) is 104 cm³/mol. The van der Waals surface area contributed by atoms with Crippen LogP contribution in [0.4, 0.5) is 0 Å². The zero-order chi connectivity index (χ0) is 18.6. The summed E-state index contributed by atoms with van der Waals surface area (Å²) >= 11 is 0. The van der Waals surface area contributed by atoms with Gasteiger partial charge in [-0.05, 0) is 31.9 Å². The van der Waals surface area contributed by atoms with Gasteiger partial charge in [0.15, 0.2) is 0 Å². The maximum Gasteiger partial charge on any atom is 0.346 e. The van der Waals surface area contributed by atoms with Gasteiger partial charge in [0.25, 0.3) is 0 Å². The van der Waals surface area contributed by atoms with E-state index in [0.29, 0.717) is 19.0 Å². The van der Waals surface area contributed by atoms with E-state index in [-0.39, 0.29) is 5.69 Å². The average molecular weight is 366 g/mol. The number of nitrogens with one attached hydrogen (secondary N) is 1. The maximum atomic E-state index is 12.9. The lowest BCUT2D eigenvalue weighted by Crippen LogP contribution is -2.31. The molecule has 0 radical (unpaired) electrons. The van der Waals surface area contributed by atoms with Crippen LogP contribution in [0.5, 0.6) is 0 Å². The summed E-state index contributed by atoms with van der Waals surface area (Å²) in [5.74, 6) is 2.04. The zero-order valence-electron chi connectivity index (χ0n) is 15.7. The molecule has 1 aliphatic rings. The predicted octanol–water partition coefficient (Wildman–Crippen LogP) is 1.82. The Morgan fingerprint density at radius 2 is 2.07 bits per heavy atom. The summed E-state index contributed by atoms with van der Waals surface area (Å²) in [7, 11) is 0. The molecule has 7 nitrogen and oxygen atoms in total. The van der Waals surface area contributed by atoms with Gasteiger partial charge in [-0.1, -0.05) is 30.3 Å². The van der Waals surface area contributed by atoms with Crippen LogP contribution in [-0.2, 0) is 19.6 Å². The van der Waals surface area contributed by atoms with Crippen LogP contribution in [0.2, 0.25) is 0 Å². The second-order valence-corrected chi connectivity index (χ2v) is 7.04. The van der Waals surface area contributed by atoms with Crippen LogP contribution in [0.3, 0.4) is 0 Å². The molecule has 4 rings (SSSR count). The topological polar surface area (TPSA) is 69.7 Å². The van der Waals surface area contributed by atoms with Crippen molar-refractivity contribution in [2.45, 2.75) is 45.3 Å². The minimum absolute atomic E-state index is 0.0488. The summed E-state index contributed by atoms with van der Waals surface area (Å²) in [6.45, 7) is 5.70. The highest BCUT2D eigenvalue weighted by Gasteiger charge is 2.23. The molecule has 1 aromatic carbocycles.